The minimum atomic E-state index is -0.556. The van der Waals surface area contributed by atoms with Crippen LogP contribution in [0, 0.1) is 6.92 Å². The number of piperidine rings is 1. The number of carbonyl (C=O) groups is 1. The summed E-state index contributed by atoms with van der Waals surface area (Å²) in [4.78, 5) is 29.2. The Hall–Kier alpha value is -1.99. The van der Waals surface area contributed by atoms with Crippen molar-refractivity contribution in [1.29, 1.82) is 0 Å². The zero-order chi connectivity index (χ0) is 17.8. The number of hydrogen-bond donors (Lipinski definition) is 2. The van der Waals surface area contributed by atoms with E-state index in [2.05, 4.69) is 15.6 Å². The van der Waals surface area contributed by atoms with Gasteiger partial charge in [0, 0.05) is 11.3 Å². The van der Waals surface area contributed by atoms with Crippen LogP contribution in [0.25, 0.3) is 0 Å². The maximum absolute atomic E-state index is 12.4. The van der Waals surface area contributed by atoms with E-state index < -0.39 is 11.5 Å². The number of aryl methyl sites for hydroxylation is 2. The van der Waals surface area contributed by atoms with Gasteiger partial charge in [0.2, 0.25) is 0 Å². The van der Waals surface area contributed by atoms with E-state index in [9.17, 15) is 9.59 Å². The second kappa shape index (κ2) is 7.93. The van der Waals surface area contributed by atoms with Crippen LogP contribution in [0.1, 0.15) is 58.1 Å². The molecule has 1 aliphatic heterocycles. The molecule has 1 aliphatic rings. The summed E-state index contributed by atoms with van der Waals surface area (Å²) < 4.78 is 5.47. The van der Waals surface area contributed by atoms with E-state index >= 15 is 0 Å². The van der Waals surface area contributed by atoms with Gasteiger partial charge in [0.1, 0.15) is 16.3 Å². The van der Waals surface area contributed by atoms with Gasteiger partial charge in [-0.05, 0) is 50.9 Å². The van der Waals surface area contributed by atoms with Crippen molar-refractivity contribution >= 4 is 17.2 Å². The summed E-state index contributed by atoms with van der Waals surface area (Å²) >= 11 is 1.51. The lowest BCUT2D eigenvalue weighted by Crippen LogP contribution is -2.30. The SMILES string of the molecule is CCc1csc(CNC(=O)c2c(C)cc(C3CCNCC3)oc2=O)n1. The highest BCUT2D eigenvalue weighted by Gasteiger charge is 2.22. The van der Waals surface area contributed by atoms with Crippen molar-refractivity contribution in [2.45, 2.75) is 45.6 Å². The molecule has 6 nitrogen and oxygen atoms in total. The third-order valence-corrected chi connectivity index (χ3v) is 5.40. The molecule has 2 aromatic heterocycles. The molecule has 1 amide bonds. The lowest BCUT2D eigenvalue weighted by Gasteiger charge is -2.21. The lowest BCUT2D eigenvalue weighted by atomic mass is 9.94. The molecule has 0 aliphatic carbocycles. The van der Waals surface area contributed by atoms with Crippen LogP contribution in [0.2, 0.25) is 0 Å². The number of nitrogens with zero attached hydrogens (tertiary/aromatic N) is 1. The van der Waals surface area contributed by atoms with Crippen molar-refractivity contribution in [2.24, 2.45) is 0 Å². The highest BCUT2D eigenvalue weighted by Crippen LogP contribution is 2.25. The van der Waals surface area contributed by atoms with E-state index in [1.807, 2.05) is 18.4 Å². The van der Waals surface area contributed by atoms with Gasteiger partial charge in [-0.3, -0.25) is 4.79 Å². The summed E-state index contributed by atoms with van der Waals surface area (Å²) in [5.74, 6) is 0.525. The largest absolute Gasteiger partial charge is 0.427 e. The fourth-order valence-electron chi connectivity index (χ4n) is 3.05. The van der Waals surface area contributed by atoms with Gasteiger partial charge in [-0.25, -0.2) is 9.78 Å². The van der Waals surface area contributed by atoms with Crippen LogP contribution in [0.15, 0.2) is 20.7 Å². The number of carbonyl (C=O) groups excluding carboxylic acids is 1. The van der Waals surface area contributed by atoms with Crippen molar-refractivity contribution in [3.63, 3.8) is 0 Å². The van der Waals surface area contributed by atoms with Gasteiger partial charge >= 0.3 is 5.63 Å². The predicted molar refractivity (Wildman–Crippen MR) is 97.2 cm³/mol. The second-order valence-corrected chi connectivity index (χ2v) is 7.23. The van der Waals surface area contributed by atoms with Crippen molar-refractivity contribution in [3.05, 3.63) is 49.5 Å². The summed E-state index contributed by atoms with van der Waals surface area (Å²) in [7, 11) is 0. The molecule has 0 bridgehead atoms. The number of nitrogens with one attached hydrogen (secondary N) is 2. The number of amides is 1. The Morgan fingerprint density at radius 3 is 2.84 bits per heavy atom. The highest BCUT2D eigenvalue weighted by molar-refractivity contribution is 7.09. The van der Waals surface area contributed by atoms with Gasteiger partial charge in [-0.1, -0.05) is 6.92 Å². The van der Waals surface area contributed by atoms with E-state index in [4.69, 9.17) is 4.42 Å². The highest BCUT2D eigenvalue weighted by atomic mass is 32.1. The monoisotopic (exact) mass is 361 g/mol. The molecule has 25 heavy (non-hydrogen) atoms. The summed E-state index contributed by atoms with van der Waals surface area (Å²) in [6, 6.07) is 1.84. The number of aromatic nitrogens is 1. The lowest BCUT2D eigenvalue weighted by molar-refractivity contribution is 0.0945. The van der Waals surface area contributed by atoms with Crippen LogP contribution in [0.5, 0.6) is 0 Å². The fourth-order valence-corrected chi connectivity index (χ4v) is 3.87. The smallest absolute Gasteiger partial charge is 0.349 e. The van der Waals surface area contributed by atoms with Crippen molar-refractivity contribution in [3.8, 4) is 0 Å². The molecule has 134 valence electrons. The molecule has 0 spiro atoms. The molecule has 1 fully saturated rings. The Balaban J connectivity index is 1.72. The van der Waals surface area contributed by atoms with Crippen molar-refractivity contribution in [1.82, 2.24) is 15.6 Å². The topological polar surface area (TPSA) is 84.2 Å². The normalized spacial score (nSPS) is 15.3. The first-order valence-electron chi connectivity index (χ1n) is 8.65. The summed E-state index contributed by atoms with van der Waals surface area (Å²) in [5, 5.41) is 8.88. The summed E-state index contributed by atoms with van der Waals surface area (Å²) in [6.45, 7) is 5.98. The first kappa shape index (κ1) is 17.8. The molecule has 1 saturated heterocycles. The van der Waals surface area contributed by atoms with E-state index in [0.717, 1.165) is 43.1 Å². The maximum atomic E-state index is 12.4. The van der Waals surface area contributed by atoms with Crippen molar-refractivity contribution < 1.29 is 9.21 Å². The van der Waals surface area contributed by atoms with Gasteiger partial charge in [0.05, 0.1) is 12.2 Å². The van der Waals surface area contributed by atoms with Crippen LogP contribution in [-0.2, 0) is 13.0 Å². The molecule has 3 rings (SSSR count). The summed E-state index contributed by atoms with van der Waals surface area (Å²) in [5.41, 5.74) is 1.20. The Bertz CT molecular complexity index is 806. The minimum Gasteiger partial charge on any atom is -0.427 e. The van der Waals surface area contributed by atoms with Gasteiger partial charge in [-0.2, -0.15) is 0 Å². The minimum absolute atomic E-state index is 0.0879. The van der Waals surface area contributed by atoms with Crippen LogP contribution in [0.3, 0.4) is 0 Å². The number of hydrogen-bond acceptors (Lipinski definition) is 6. The molecular weight excluding hydrogens is 338 g/mol. The Morgan fingerprint density at radius 1 is 1.44 bits per heavy atom. The average molecular weight is 361 g/mol. The van der Waals surface area contributed by atoms with E-state index in [-0.39, 0.29) is 11.5 Å². The van der Waals surface area contributed by atoms with Gasteiger partial charge in [0.25, 0.3) is 5.91 Å². The average Bonchev–Trinajstić information content (AvgIpc) is 3.08. The molecule has 0 radical (unpaired) electrons. The van der Waals surface area contributed by atoms with Crippen LogP contribution in [-0.4, -0.2) is 24.0 Å². The van der Waals surface area contributed by atoms with E-state index in [0.29, 0.717) is 17.9 Å². The Kier molecular flexibility index (Phi) is 5.65. The van der Waals surface area contributed by atoms with E-state index in [1.165, 1.54) is 11.3 Å². The Morgan fingerprint density at radius 2 is 2.20 bits per heavy atom. The predicted octanol–water partition coefficient (Wildman–Crippen LogP) is 2.36. The molecular formula is C18H23N3O3S. The molecule has 7 heteroatoms. The first-order valence-corrected chi connectivity index (χ1v) is 9.53. The van der Waals surface area contributed by atoms with Crippen LogP contribution in [0.4, 0.5) is 0 Å². The zero-order valence-electron chi connectivity index (χ0n) is 14.6. The second-order valence-electron chi connectivity index (χ2n) is 6.29. The molecule has 3 heterocycles. The molecule has 2 N–H and O–H groups in total. The van der Waals surface area contributed by atoms with Crippen LogP contribution < -0.4 is 16.3 Å². The van der Waals surface area contributed by atoms with E-state index in [1.54, 1.807) is 6.92 Å². The molecule has 0 atom stereocenters. The van der Waals surface area contributed by atoms with Crippen LogP contribution >= 0.6 is 11.3 Å². The van der Waals surface area contributed by atoms with Gasteiger partial charge < -0.3 is 15.1 Å². The quantitative estimate of drug-likeness (QED) is 0.854. The third-order valence-electron chi connectivity index (χ3n) is 4.50. The molecule has 0 unspecified atom stereocenters. The van der Waals surface area contributed by atoms with Crippen molar-refractivity contribution in [2.75, 3.05) is 13.1 Å². The zero-order valence-corrected chi connectivity index (χ0v) is 15.4. The Labute approximate surface area is 150 Å². The molecule has 2 aromatic rings. The maximum Gasteiger partial charge on any atom is 0.349 e. The van der Waals surface area contributed by atoms with Gasteiger partial charge in [0.15, 0.2) is 0 Å². The first-order chi connectivity index (χ1) is 12.1. The summed E-state index contributed by atoms with van der Waals surface area (Å²) in [6.07, 6.45) is 2.75. The molecule has 0 aromatic carbocycles. The molecule has 0 saturated carbocycles. The van der Waals surface area contributed by atoms with Gasteiger partial charge in [-0.15, -0.1) is 11.3 Å². The fraction of sp³-hybridized carbons (Fsp3) is 0.500. The third kappa shape index (κ3) is 4.16. The standard InChI is InChI=1S/C18H23N3O3S/c1-3-13-10-25-15(21-13)9-20-17(22)16-11(2)8-14(24-18(16)23)12-4-6-19-7-5-12/h8,10,12,19H,3-7,9H2,1-2H3,(H,20,22). The number of thiazole rings is 1. The number of rotatable bonds is 5.